The Hall–Kier alpha value is -2.44. The van der Waals surface area contributed by atoms with E-state index in [-0.39, 0.29) is 5.75 Å². The summed E-state index contributed by atoms with van der Waals surface area (Å²) in [6.45, 7) is 0. The highest BCUT2D eigenvalue weighted by molar-refractivity contribution is 7.93. The Bertz CT molecular complexity index is 856. The number of hydrogen-bond donors (Lipinski definition) is 1. The van der Waals surface area contributed by atoms with Gasteiger partial charge < -0.3 is 4.74 Å². The summed E-state index contributed by atoms with van der Waals surface area (Å²) in [5, 5.41) is 3.50. The van der Waals surface area contributed by atoms with Gasteiger partial charge in [-0.3, -0.25) is 9.40 Å². The summed E-state index contributed by atoms with van der Waals surface area (Å²) < 4.78 is 103. The van der Waals surface area contributed by atoms with Crippen molar-refractivity contribution in [3.63, 3.8) is 0 Å². The van der Waals surface area contributed by atoms with E-state index < -0.39 is 39.0 Å². The van der Waals surface area contributed by atoms with Gasteiger partial charge in [0.2, 0.25) is 5.88 Å². The minimum Gasteiger partial charge on any atom is -0.438 e. The number of nitrogens with zero attached hydrogens (tertiary/aromatic N) is 2. The third-order valence-corrected chi connectivity index (χ3v) is 3.90. The van der Waals surface area contributed by atoms with Crippen LogP contribution in [0.25, 0.3) is 0 Å². The first-order valence-electron chi connectivity index (χ1n) is 6.28. The summed E-state index contributed by atoms with van der Waals surface area (Å²) in [7, 11) is -4.51. The second kappa shape index (κ2) is 6.13. The lowest BCUT2D eigenvalue weighted by Gasteiger charge is -2.10. The number of alkyl halides is 6. The number of aromatic nitrogens is 2. The van der Waals surface area contributed by atoms with Crippen LogP contribution in [0.4, 0.5) is 32.0 Å². The monoisotopic (exact) mass is 389 g/mol. The molecule has 2 rings (SSSR count). The van der Waals surface area contributed by atoms with Crippen molar-refractivity contribution in [2.45, 2.75) is 11.7 Å². The Labute approximate surface area is 137 Å². The molecule has 0 atom stereocenters. The van der Waals surface area contributed by atoms with Gasteiger partial charge in [0.15, 0.2) is 0 Å². The molecule has 25 heavy (non-hydrogen) atoms. The van der Waals surface area contributed by atoms with Gasteiger partial charge in [-0.25, -0.2) is 0 Å². The normalized spacial score (nSPS) is 12.9. The van der Waals surface area contributed by atoms with Gasteiger partial charge in [-0.1, -0.05) is 0 Å². The van der Waals surface area contributed by atoms with Crippen molar-refractivity contribution < 1.29 is 39.5 Å². The Kier molecular flexibility index (Phi) is 4.63. The average molecular weight is 389 g/mol. The van der Waals surface area contributed by atoms with Crippen molar-refractivity contribution in [2.24, 2.45) is 7.05 Å². The SMILES string of the molecule is Cn1nc(Oc2ccc(NS(=O)(=O)C(F)(F)F)cc2)cc1C(F)(F)F. The van der Waals surface area contributed by atoms with E-state index in [4.69, 9.17) is 4.74 Å². The van der Waals surface area contributed by atoms with Crippen LogP contribution in [0.1, 0.15) is 5.69 Å². The molecule has 0 spiro atoms. The molecule has 2 aromatic rings. The molecule has 138 valence electrons. The number of anilines is 1. The number of halogens is 6. The van der Waals surface area contributed by atoms with Crippen LogP contribution in [0.3, 0.4) is 0 Å². The molecule has 0 saturated heterocycles. The lowest BCUT2D eigenvalue weighted by Crippen LogP contribution is -2.29. The minimum absolute atomic E-state index is 0.0539. The maximum atomic E-state index is 12.6. The second-order valence-corrected chi connectivity index (χ2v) is 6.34. The molecule has 0 aliphatic rings. The lowest BCUT2D eigenvalue weighted by molar-refractivity contribution is -0.143. The summed E-state index contributed by atoms with van der Waals surface area (Å²) in [4.78, 5) is 0. The van der Waals surface area contributed by atoms with Crippen LogP contribution in [-0.2, 0) is 23.2 Å². The molecule has 0 saturated carbocycles. The molecule has 1 N–H and O–H groups in total. The van der Waals surface area contributed by atoms with E-state index >= 15 is 0 Å². The quantitative estimate of drug-likeness (QED) is 0.813. The van der Waals surface area contributed by atoms with Gasteiger partial charge in [0, 0.05) is 18.8 Å². The molecule has 0 unspecified atom stereocenters. The molecule has 1 aromatic heterocycles. The summed E-state index contributed by atoms with van der Waals surface area (Å²) in [5.41, 5.74) is -6.94. The molecule has 0 bridgehead atoms. The molecule has 0 amide bonds. The van der Waals surface area contributed by atoms with E-state index in [1.807, 2.05) is 0 Å². The highest BCUT2D eigenvalue weighted by Gasteiger charge is 2.46. The molecular formula is C12H9F6N3O3S. The number of rotatable bonds is 4. The van der Waals surface area contributed by atoms with Crippen molar-refractivity contribution in [1.82, 2.24) is 9.78 Å². The smallest absolute Gasteiger partial charge is 0.438 e. The van der Waals surface area contributed by atoms with Gasteiger partial charge in [0.25, 0.3) is 0 Å². The van der Waals surface area contributed by atoms with Gasteiger partial charge in [-0.2, -0.15) is 34.8 Å². The Morgan fingerprint density at radius 1 is 1.08 bits per heavy atom. The van der Waals surface area contributed by atoms with Crippen molar-refractivity contribution in [2.75, 3.05) is 4.72 Å². The molecule has 0 fully saturated rings. The molecule has 1 aromatic carbocycles. The summed E-state index contributed by atoms with van der Waals surface area (Å²) >= 11 is 0. The Morgan fingerprint density at radius 3 is 2.08 bits per heavy atom. The topological polar surface area (TPSA) is 73.2 Å². The second-order valence-electron chi connectivity index (χ2n) is 4.67. The minimum atomic E-state index is -5.57. The zero-order valence-corrected chi connectivity index (χ0v) is 13.0. The first-order valence-corrected chi connectivity index (χ1v) is 7.76. The third kappa shape index (κ3) is 4.35. The fourth-order valence-electron chi connectivity index (χ4n) is 1.68. The Balaban J connectivity index is 2.14. The van der Waals surface area contributed by atoms with Crippen LogP contribution in [0, 0.1) is 0 Å². The van der Waals surface area contributed by atoms with E-state index in [1.54, 1.807) is 0 Å². The number of ether oxygens (including phenoxy) is 1. The number of benzene rings is 1. The van der Waals surface area contributed by atoms with E-state index in [0.717, 1.165) is 31.3 Å². The highest BCUT2D eigenvalue weighted by atomic mass is 32.2. The van der Waals surface area contributed by atoms with Crippen molar-refractivity contribution in [3.05, 3.63) is 36.0 Å². The maximum Gasteiger partial charge on any atom is 0.516 e. The molecule has 0 aliphatic heterocycles. The van der Waals surface area contributed by atoms with Crippen molar-refractivity contribution in [1.29, 1.82) is 0 Å². The molecular weight excluding hydrogens is 380 g/mol. The zero-order valence-electron chi connectivity index (χ0n) is 12.2. The fraction of sp³-hybridized carbons (Fsp3) is 0.250. The summed E-state index contributed by atoms with van der Waals surface area (Å²) in [5.74, 6) is -0.444. The summed E-state index contributed by atoms with van der Waals surface area (Å²) in [6.07, 6.45) is -4.64. The molecule has 6 nitrogen and oxygen atoms in total. The molecule has 0 aliphatic carbocycles. The number of nitrogens with one attached hydrogen (secondary N) is 1. The first kappa shape index (κ1) is 18.9. The lowest BCUT2D eigenvalue weighted by atomic mass is 10.3. The maximum absolute atomic E-state index is 12.6. The van der Waals surface area contributed by atoms with Crippen LogP contribution in [0.15, 0.2) is 30.3 Å². The number of hydrogen-bond acceptors (Lipinski definition) is 4. The van der Waals surface area contributed by atoms with Gasteiger partial charge in [0.1, 0.15) is 11.4 Å². The number of sulfonamides is 1. The molecule has 13 heteroatoms. The Morgan fingerprint density at radius 2 is 1.64 bits per heavy atom. The van der Waals surface area contributed by atoms with Crippen molar-refractivity contribution in [3.8, 4) is 11.6 Å². The summed E-state index contributed by atoms with van der Waals surface area (Å²) in [6, 6.07) is 4.67. The van der Waals surface area contributed by atoms with E-state index in [9.17, 15) is 34.8 Å². The van der Waals surface area contributed by atoms with Gasteiger partial charge in [-0.15, -0.1) is 5.10 Å². The van der Waals surface area contributed by atoms with Gasteiger partial charge in [0.05, 0.1) is 0 Å². The standard InChI is InChI=1S/C12H9F6N3O3S/c1-21-9(11(13,14)15)6-10(19-21)24-8-4-2-7(3-5-8)20-25(22,23)12(16,17)18/h2-6,20H,1H3. The van der Waals surface area contributed by atoms with E-state index in [0.29, 0.717) is 10.7 Å². The van der Waals surface area contributed by atoms with Crippen molar-refractivity contribution >= 4 is 15.7 Å². The predicted octanol–water partition coefficient (Wildman–Crippen LogP) is 3.49. The largest absolute Gasteiger partial charge is 0.516 e. The highest BCUT2D eigenvalue weighted by Crippen LogP contribution is 2.32. The van der Waals surface area contributed by atoms with E-state index in [1.165, 1.54) is 4.72 Å². The van der Waals surface area contributed by atoms with Crippen LogP contribution < -0.4 is 9.46 Å². The van der Waals surface area contributed by atoms with E-state index in [2.05, 4.69) is 5.10 Å². The molecule has 0 radical (unpaired) electrons. The first-order chi connectivity index (χ1) is 11.3. The molecule has 1 heterocycles. The van der Waals surface area contributed by atoms with Gasteiger partial charge >= 0.3 is 21.7 Å². The fourth-order valence-corrected chi connectivity index (χ4v) is 2.24. The van der Waals surface area contributed by atoms with Crippen LogP contribution in [0.5, 0.6) is 11.6 Å². The average Bonchev–Trinajstić information content (AvgIpc) is 2.80. The predicted molar refractivity (Wildman–Crippen MR) is 73.3 cm³/mol. The third-order valence-electron chi connectivity index (χ3n) is 2.78. The van der Waals surface area contributed by atoms with Gasteiger partial charge in [-0.05, 0) is 24.3 Å². The van der Waals surface area contributed by atoms with Crippen LogP contribution in [-0.4, -0.2) is 23.7 Å². The van der Waals surface area contributed by atoms with Crippen LogP contribution >= 0.6 is 0 Å². The van der Waals surface area contributed by atoms with Crippen LogP contribution in [0.2, 0.25) is 0 Å². The number of aryl methyl sites for hydroxylation is 1. The zero-order chi connectivity index (χ0) is 19.0.